The van der Waals surface area contributed by atoms with Gasteiger partial charge in [-0.3, -0.25) is 0 Å². The van der Waals surface area contributed by atoms with E-state index < -0.39 is 41.3 Å². The molecule has 2 saturated heterocycles. The van der Waals surface area contributed by atoms with E-state index in [1.807, 2.05) is 0 Å². The SMILES string of the molecule is CC(C)c1cc(C(C)C)c([Si]2(c3c(C(C)C)cc(C(C)C)cc3C(C)C)[Si](C)(C)[Si@@]2(Cl)c2c(C(C)C)cc(C(C)C)cc2C(C)C)c(C(C)C)c1.CC(C)c1cc(C(C)C)c([Si]2(c3c(C(C)C)cc(C(C)C)cc3C(C)C)[Si](C)(C)[Si@]2(Cl)c2c(C(C)C)cc(C(C)C)cc2C(C)C)c(C(C)C)c1. The minimum Gasteiger partial charge on any atom is -0.168 e. The minimum absolute atomic E-state index is 0.423. The van der Waals surface area contributed by atoms with Gasteiger partial charge in [0, 0.05) is 0 Å². The lowest BCUT2D eigenvalue weighted by Crippen LogP contribution is -2.64. The molecule has 2 atom stereocenters. The smallest absolute Gasteiger partial charge is 0.168 e. The topological polar surface area (TPSA) is 0 Å². The first-order valence-corrected chi connectivity index (χ1v) is 63.3. The van der Waals surface area contributed by atoms with Crippen LogP contribution in [0.3, 0.4) is 0 Å². The fraction of sp³-hybridized carbons (Fsp3) is 0.617. The van der Waals surface area contributed by atoms with Gasteiger partial charge in [0.05, 0.1) is 14.2 Å². The van der Waals surface area contributed by atoms with Crippen molar-refractivity contribution in [2.75, 3.05) is 0 Å². The Labute approximate surface area is 644 Å². The van der Waals surface area contributed by atoms with Crippen LogP contribution in [0.4, 0.5) is 0 Å². The first-order valence-electron chi connectivity index (χ1n) is 41.3. The third kappa shape index (κ3) is 14.3. The summed E-state index contributed by atoms with van der Waals surface area (Å²) in [5.41, 5.74) is 28.1. The lowest BCUT2D eigenvalue weighted by atomic mass is 9.89. The molecule has 0 radical (unpaired) electrons. The molecule has 0 spiro atoms. The summed E-state index contributed by atoms with van der Waals surface area (Å²) in [6.45, 7) is 98.7. The highest BCUT2D eigenvalue weighted by atomic mass is 35.6. The summed E-state index contributed by atoms with van der Waals surface area (Å²) in [5.74, 6) is 8.04. The monoisotopic (exact) mass is 1520 g/mol. The molecule has 0 N–H and O–H groups in total. The van der Waals surface area contributed by atoms with E-state index in [1.54, 1.807) is 97.9 Å². The van der Waals surface area contributed by atoms with Gasteiger partial charge in [-0.15, -0.1) is 0 Å². The highest BCUT2D eigenvalue weighted by Gasteiger charge is 2.91. The summed E-state index contributed by atoms with van der Waals surface area (Å²) < 4.78 is 0. The molecule has 2 aliphatic heterocycles. The van der Waals surface area contributed by atoms with E-state index in [9.17, 15) is 22.2 Å². The van der Waals surface area contributed by atoms with Crippen molar-refractivity contribution in [2.45, 2.75) is 382 Å². The molecule has 8 rings (SSSR count). The zero-order valence-electron chi connectivity index (χ0n) is 73.1. The molecule has 0 aromatic heterocycles. The Bertz CT molecular complexity index is 3400. The van der Waals surface area contributed by atoms with E-state index in [0.29, 0.717) is 107 Å². The molecule has 6 aromatic rings. The van der Waals surface area contributed by atoms with E-state index >= 15 is 0 Å². The Kier molecular flexibility index (Phi) is 26.8. The molecular formula is C94H150Cl2Si6. The third-order valence-corrected chi connectivity index (χ3v) is 139. The van der Waals surface area contributed by atoms with Gasteiger partial charge in [-0.25, -0.2) is 0 Å². The maximum absolute atomic E-state index is 9.26. The van der Waals surface area contributed by atoms with Crippen LogP contribution in [0.2, 0.25) is 26.2 Å². The summed E-state index contributed by atoms with van der Waals surface area (Å²) in [4.78, 5) is 0. The summed E-state index contributed by atoms with van der Waals surface area (Å²) >= 11 is 18.5. The molecule has 8 heteroatoms. The van der Waals surface area contributed by atoms with Crippen molar-refractivity contribution in [3.63, 3.8) is 0 Å². The average Bonchev–Trinajstić information content (AvgIpc) is 1.45. The molecule has 2 fully saturated rings. The molecule has 102 heavy (non-hydrogen) atoms. The quantitative estimate of drug-likeness (QED) is 0.0419. The van der Waals surface area contributed by atoms with Gasteiger partial charge in [0.1, 0.15) is 14.2 Å². The number of benzene rings is 6. The Morgan fingerprint density at radius 1 is 0.167 bits per heavy atom. The first kappa shape index (κ1) is 86.4. The zero-order chi connectivity index (χ0) is 77.7. The van der Waals surface area contributed by atoms with Crippen molar-refractivity contribution in [2.24, 2.45) is 0 Å². The van der Waals surface area contributed by atoms with E-state index in [0.717, 1.165) is 0 Å². The van der Waals surface area contributed by atoms with Crippen LogP contribution < -0.4 is 31.1 Å². The Balaban J connectivity index is 0.000000286. The fourth-order valence-corrected chi connectivity index (χ4v) is 173. The molecule has 0 nitrogen and oxygen atoms in total. The van der Waals surface area contributed by atoms with Crippen LogP contribution in [0.25, 0.3) is 0 Å². The molecule has 0 aliphatic carbocycles. The lowest BCUT2D eigenvalue weighted by Gasteiger charge is -2.37. The second-order valence-corrected chi connectivity index (χ2v) is 104. The van der Waals surface area contributed by atoms with Gasteiger partial charge in [0.25, 0.3) is 0 Å². The highest BCUT2D eigenvalue weighted by molar-refractivity contribution is 8.28. The van der Waals surface area contributed by atoms with E-state index in [2.05, 4.69) is 348 Å². The summed E-state index contributed by atoms with van der Waals surface area (Å²) in [5, 5.41) is 10.4. The van der Waals surface area contributed by atoms with Crippen LogP contribution >= 0.6 is 22.2 Å². The average molecular weight is 1520 g/mol. The summed E-state index contributed by atoms with van der Waals surface area (Å²) in [6.07, 6.45) is -5.39. The Morgan fingerprint density at radius 2 is 0.265 bits per heavy atom. The molecule has 0 unspecified atom stereocenters. The summed E-state index contributed by atoms with van der Waals surface area (Å²) in [7, 11) is -9.60. The van der Waals surface area contributed by atoms with Crippen LogP contribution in [0.15, 0.2) is 72.8 Å². The van der Waals surface area contributed by atoms with Gasteiger partial charge in [0.15, 0.2) is 12.8 Å². The lowest BCUT2D eigenvalue weighted by molar-refractivity contribution is 0.809. The maximum Gasteiger partial charge on any atom is 0.173 e. The summed E-state index contributed by atoms with van der Waals surface area (Å²) in [6, 6.07) is 31.7. The van der Waals surface area contributed by atoms with Crippen molar-refractivity contribution in [3.8, 4) is 0 Å². The van der Waals surface area contributed by atoms with E-state index in [-0.39, 0.29) is 0 Å². The molecule has 0 bridgehead atoms. The fourth-order valence-electron chi connectivity index (χ4n) is 19.1. The van der Waals surface area contributed by atoms with Crippen molar-refractivity contribution >= 4 is 94.6 Å². The van der Waals surface area contributed by atoms with Crippen LogP contribution in [-0.4, -0.2) is 41.3 Å². The third-order valence-electron chi connectivity index (χ3n) is 25.5. The van der Waals surface area contributed by atoms with Gasteiger partial charge >= 0.3 is 0 Å². The Hall–Kier alpha value is -2.80. The van der Waals surface area contributed by atoms with Crippen molar-refractivity contribution in [3.05, 3.63) is 173 Å². The van der Waals surface area contributed by atoms with Gasteiger partial charge in [-0.05, 0) is 217 Å². The molecule has 2 aliphatic rings. The minimum atomic E-state index is -2.69. The molecule has 0 saturated carbocycles. The van der Waals surface area contributed by atoms with E-state index in [4.69, 9.17) is 0 Å². The molecule has 6 aromatic carbocycles. The van der Waals surface area contributed by atoms with Crippen molar-refractivity contribution in [1.82, 2.24) is 0 Å². The largest absolute Gasteiger partial charge is 0.173 e. The molecule has 564 valence electrons. The van der Waals surface area contributed by atoms with Crippen LogP contribution in [-0.2, 0) is 0 Å². The maximum atomic E-state index is 9.26. The van der Waals surface area contributed by atoms with Crippen LogP contribution in [0.5, 0.6) is 0 Å². The van der Waals surface area contributed by atoms with E-state index in [1.165, 1.54) is 33.4 Å². The van der Waals surface area contributed by atoms with Gasteiger partial charge < -0.3 is 0 Å². The second kappa shape index (κ2) is 31.7. The van der Waals surface area contributed by atoms with Gasteiger partial charge in [-0.1, -0.05) is 369 Å². The molecule has 0 amide bonds. The number of rotatable bonds is 24. The predicted molar refractivity (Wildman–Crippen MR) is 480 cm³/mol. The zero-order valence-corrected chi connectivity index (χ0v) is 80.6. The van der Waals surface area contributed by atoms with Crippen molar-refractivity contribution < 1.29 is 0 Å². The second-order valence-electron chi connectivity index (χ2n) is 39.3. The van der Waals surface area contributed by atoms with Crippen LogP contribution in [0, 0.1) is 0 Å². The highest BCUT2D eigenvalue weighted by Crippen LogP contribution is 2.60. The number of halogens is 2. The normalized spacial score (nSPS) is 18.7. The van der Waals surface area contributed by atoms with Gasteiger partial charge in [-0.2, -0.15) is 22.2 Å². The van der Waals surface area contributed by atoms with Gasteiger partial charge in [0.2, 0.25) is 0 Å². The number of hydrogen-bond donors (Lipinski definition) is 0. The number of hydrogen-bond acceptors (Lipinski definition) is 0. The van der Waals surface area contributed by atoms with Crippen molar-refractivity contribution in [1.29, 1.82) is 0 Å². The van der Waals surface area contributed by atoms with Crippen LogP contribution in [0.1, 0.15) is 456 Å². The molecular weight excluding hydrogens is 1370 g/mol. The standard InChI is InChI=1S/2C47H75ClSi3/c2*1-27(2)36-21-39(30(7)8)45(40(22-36)31(9)10)50(46-41(32(11)12)23-37(28(3)4)24-42(46)33(13)14)49(19,20)51(50,48)47-43(34(15)16)25-38(29(5)6)26-44(47)35(17)18/h2*21-35H,1-20H3/t2*51-/m10/s1. The predicted octanol–water partition coefficient (Wildman–Crippen LogP) is 26.8. The Morgan fingerprint density at radius 3 is 0.353 bits per heavy atom. The molecule has 2 heterocycles. The first-order chi connectivity index (χ1) is 46.8.